The van der Waals surface area contributed by atoms with Gasteiger partial charge in [-0.05, 0) is 40.1 Å². The minimum absolute atomic E-state index is 1.20. The van der Waals surface area contributed by atoms with Crippen LogP contribution in [0.1, 0.15) is 0 Å². The summed E-state index contributed by atoms with van der Waals surface area (Å²) in [6.45, 7) is 0. The summed E-state index contributed by atoms with van der Waals surface area (Å²) in [6.07, 6.45) is 0. The van der Waals surface area contributed by atoms with Crippen molar-refractivity contribution in [3.63, 3.8) is 0 Å². The minimum atomic E-state index is 1.20. The molecule has 1 N–H and O–H groups in total. The van der Waals surface area contributed by atoms with E-state index in [1.165, 1.54) is 63.9 Å². The number of para-hydroxylation sites is 1. The van der Waals surface area contributed by atoms with E-state index in [4.69, 9.17) is 0 Å². The Kier molecular flexibility index (Phi) is 3.21. The number of fused-ring (bicyclic) bond motifs is 10. The number of H-pyrrole nitrogens is 1. The van der Waals surface area contributed by atoms with Crippen molar-refractivity contribution in [3.05, 3.63) is 97.1 Å². The molecule has 0 atom stereocenters. The second kappa shape index (κ2) is 5.94. The SMILES string of the molecule is c1ccc(-c2ccc3sc4c5[nH]c6ccccc6c5c5ccccc5c4c3c2)cc1. The summed E-state index contributed by atoms with van der Waals surface area (Å²) in [5.41, 5.74) is 4.98. The Bertz CT molecular complexity index is 1740. The van der Waals surface area contributed by atoms with E-state index in [9.17, 15) is 0 Å². The fraction of sp³-hybridized carbons (Fsp3) is 0. The summed E-state index contributed by atoms with van der Waals surface area (Å²) < 4.78 is 2.68. The predicted molar refractivity (Wildman–Crippen MR) is 132 cm³/mol. The van der Waals surface area contributed by atoms with E-state index in [1.54, 1.807) is 0 Å². The van der Waals surface area contributed by atoms with E-state index in [1.807, 2.05) is 11.3 Å². The number of nitrogens with one attached hydrogen (secondary N) is 1. The Morgan fingerprint density at radius 2 is 1.23 bits per heavy atom. The van der Waals surface area contributed by atoms with Crippen molar-refractivity contribution in [2.45, 2.75) is 0 Å². The zero-order chi connectivity index (χ0) is 19.7. The van der Waals surface area contributed by atoms with E-state index in [2.05, 4.69) is 102 Å². The first kappa shape index (κ1) is 16.2. The second-order valence-electron chi connectivity index (χ2n) is 7.85. The van der Waals surface area contributed by atoms with E-state index >= 15 is 0 Å². The molecular weight excluding hydrogens is 382 g/mol. The smallest absolute Gasteiger partial charge is 0.0653 e. The largest absolute Gasteiger partial charge is 0.353 e. The predicted octanol–water partition coefficient (Wildman–Crippen LogP) is 8.51. The third kappa shape index (κ3) is 2.11. The summed E-state index contributed by atoms with van der Waals surface area (Å²) in [7, 11) is 0. The molecule has 0 spiro atoms. The number of hydrogen-bond donors (Lipinski definition) is 1. The third-order valence-corrected chi connectivity index (χ3v) is 7.38. The number of benzene rings is 5. The van der Waals surface area contributed by atoms with Crippen LogP contribution in [-0.2, 0) is 0 Å². The Labute approximate surface area is 177 Å². The quantitative estimate of drug-likeness (QED) is 0.285. The van der Waals surface area contributed by atoms with Crippen LogP contribution >= 0.6 is 11.3 Å². The van der Waals surface area contributed by atoms with Crippen LogP contribution in [0.5, 0.6) is 0 Å². The fourth-order valence-corrected chi connectivity index (χ4v) is 6.07. The van der Waals surface area contributed by atoms with Gasteiger partial charge >= 0.3 is 0 Å². The van der Waals surface area contributed by atoms with Gasteiger partial charge in [0.25, 0.3) is 0 Å². The van der Waals surface area contributed by atoms with Crippen LogP contribution in [0, 0.1) is 0 Å². The molecule has 0 saturated heterocycles. The van der Waals surface area contributed by atoms with Crippen molar-refractivity contribution in [3.8, 4) is 11.1 Å². The monoisotopic (exact) mass is 399 g/mol. The fourth-order valence-electron chi connectivity index (χ4n) is 4.86. The van der Waals surface area contributed by atoms with Gasteiger partial charge in [0.2, 0.25) is 0 Å². The molecule has 2 aromatic heterocycles. The van der Waals surface area contributed by atoms with Gasteiger partial charge in [0.15, 0.2) is 0 Å². The number of aromatic nitrogens is 1. The van der Waals surface area contributed by atoms with Gasteiger partial charge in [-0.1, -0.05) is 78.9 Å². The summed E-state index contributed by atoms with van der Waals surface area (Å²) >= 11 is 1.89. The molecule has 0 saturated carbocycles. The van der Waals surface area contributed by atoms with Gasteiger partial charge in [0.1, 0.15) is 0 Å². The normalized spacial score (nSPS) is 12.0. The molecule has 7 rings (SSSR count). The minimum Gasteiger partial charge on any atom is -0.353 e. The lowest BCUT2D eigenvalue weighted by atomic mass is 9.97. The molecule has 0 aliphatic rings. The molecule has 0 bridgehead atoms. The average molecular weight is 400 g/mol. The first-order valence-electron chi connectivity index (χ1n) is 10.2. The number of hydrogen-bond acceptors (Lipinski definition) is 1. The van der Waals surface area contributed by atoms with Gasteiger partial charge in [-0.2, -0.15) is 0 Å². The van der Waals surface area contributed by atoms with Crippen LogP contribution in [0.4, 0.5) is 0 Å². The molecule has 0 radical (unpaired) electrons. The third-order valence-electron chi connectivity index (χ3n) is 6.19. The number of aromatic amines is 1. The molecule has 5 aromatic carbocycles. The van der Waals surface area contributed by atoms with Crippen molar-refractivity contribution >= 4 is 64.1 Å². The summed E-state index contributed by atoms with van der Waals surface area (Å²) in [6, 6.07) is 35.0. The molecule has 1 nitrogen and oxygen atoms in total. The van der Waals surface area contributed by atoms with Crippen molar-refractivity contribution in [1.29, 1.82) is 0 Å². The van der Waals surface area contributed by atoms with Gasteiger partial charge < -0.3 is 4.98 Å². The van der Waals surface area contributed by atoms with E-state index in [-0.39, 0.29) is 0 Å². The second-order valence-corrected chi connectivity index (χ2v) is 8.90. The van der Waals surface area contributed by atoms with Crippen LogP contribution in [0.25, 0.3) is 63.9 Å². The zero-order valence-electron chi connectivity index (χ0n) is 16.1. The van der Waals surface area contributed by atoms with Gasteiger partial charge in [0.05, 0.1) is 10.2 Å². The molecule has 0 amide bonds. The first-order chi connectivity index (χ1) is 14.9. The van der Waals surface area contributed by atoms with Crippen LogP contribution in [-0.4, -0.2) is 4.98 Å². The van der Waals surface area contributed by atoms with Crippen molar-refractivity contribution in [2.75, 3.05) is 0 Å². The summed E-state index contributed by atoms with van der Waals surface area (Å²) in [4.78, 5) is 3.73. The molecule has 2 heteroatoms. The molecule has 0 fully saturated rings. The highest BCUT2D eigenvalue weighted by molar-refractivity contribution is 7.27. The van der Waals surface area contributed by atoms with E-state index in [0.29, 0.717) is 0 Å². The molecule has 0 unspecified atom stereocenters. The summed E-state index contributed by atoms with van der Waals surface area (Å²) in [5.74, 6) is 0. The maximum atomic E-state index is 3.73. The molecule has 7 aromatic rings. The van der Waals surface area contributed by atoms with Gasteiger partial charge in [-0.25, -0.2) is 0 Å². The van der Waals surface area contributed by atoms with Gasteiger partial charge in [-0.3, -0.25) is 0 Å². The van der Waals surface area contributed by atoms with Crippen LogP contribution < -0.4 is 0 Å². The molecule has 0 aliphatic heterocycles. The number of thiophene rings is 1. The highest BCUT2D eigenvalue weighted by Gasteiger charge is 2.17. The molecule has 30 heavy (non-hydrogen) atoms. The maximum Gasteiger partial charge on any atom is 0.0653 e. The lowest BCUT2D eigenvalue weighted by Crippen LogP contribution is -1.79. The van der Waals surface area contributed by atoms with Gasteiger partial charge in [0, 0.05) is 31.8 Å². The Hall–Kier alpha value is -3.62. The highest BCUT2D eigenvalue weighted by atomic mass is 32.1. The highest BCUT2D eigenvalue weighted by Crippen LogP contribution is 2.46. The Morgan fingerprint density at radius 1 is 0.533 bits per heavy atom. The molecular formula is C28H17NS. The molecule has 0 aliphatic carbocycles. The van der Waals surface area contributed by atoms with E-state index < -0.39 is 0 Å². The lowest BCUT2D eigenvalue weighted by molar-refractivity contribution is 1.57. The van der Waals surface area contributed by atoms with Crippen molar-refractivity contribution < 1.29 is 0 Å². The van der Waals surface area contributed by atoms with Gasteiger partial charge in [-0.15, -0.1) is 11.3 Å². The van der Waals surface area contributed by atoms with E-state index in [0.717, 1.165) is 0 Å². The molecule has 2 heterocycles. The topological polar surface area (TPSA) is 15.8 Å². The Morgan fingerprint density at radius 3 is 2.07 bits per heavy atom. The Balaban J connectivity index is 1.72. The molecule has 140 valence electrons. The van der Waals surface area contributed by atoms with Crippen LogP contribution in [0.2, 0.25) is 0 Å². The number of rotatable bonds is 1. The van der Waals surface area contributed by atoms with Crippen LogP contribution in [0.15, 0.2) is 97.1 Å². The zero-order valence-corrected chi connectivity index (χ0v) is 17.0. The van der Waals surface area contributed by atoms with Crippen molar-refractivity contribution in [2.24, 2.45) is 0 Å². The average Bonchev–Trinajstić information content (AvgIpc) is 3.38. The van der Waals surface area contributed by atoms with Crippen molar-refractivity contribution in [1.82, 2.24) is 4.98 Å². The maximum absolute atomic E-state index is 3.73. The first-order valence-corrected chi connectivity index (χ1v) is 11.0. The standard InChI is InChI=1S/C28H17NS/c1-2-8-17(9-3-1)18-14-15-24-22(16-18)26-20-11-5-4-10-19(20)25-21-12-6-7-13-23(21)29-27(25)28(26)30-24/h1-16,29H. The lowest BCUT2D eigenvalue weighted by Gasteiger charge is -2.05. The van der Waals surface area contributed by atoms with Crippen LogP contribution in [0.3, 0.4) is 0 Å². The summed E-state index contributed by atoms with van der Waals surface area (Å²) in [5, 5.41) is 8.00.